The van der Waals surface area contributed by atoms with Gasteiger partial charge in [0.05, 0.1) is 0 Å². The molecule has 316 valence electrons. The van der Waals surface area contributed by atoms with Crippen molar-refractivity contribution in [2.24, 2.45) is 11.8 Å². The number of benzene rings is 2. The number of anilines is 3. The lowest BCUT2D eigenvalue weighted by atomic mass is 9.99. The number of hydrazine groups is 1. The van der Waals surface area contributed by atoms with E-state index in [2.05, 4.69) is 96.3 Å². The molecule has 2 aromatic carbocycles. The SMILES string of the molecule is C#CC1CCCC1.C=C(CCCCCCCCCCCCCCCCC)Cc1ccc(CCCP(CC)Cc2ccccc2)cc1.NNc1c(N)nc(F)nc1N. The van der Waals surface area contributed by atoms with Crippen molar-refractivity contribution < 1.29 is 4.39 Å². The first-order valence-corrected chi connectivity index (χ1v) is 24.2. The van der Waals surface area contributed by atoms with E-state index in [9.17, 15) is 4.39 Å². The van der Waals surface area contributed by atoms with E-state index in [0.717, 1.165) is 6.42 Å². The minimum absolute atomic E-state index is 0.113. The summed E-state index contributed by atoms with van der Waals surface area (Å²) in [6.07, 6.45) is 39.7. The number of nitrogens with one attached hydrogen (secondary N) is 1. The molecule has 6 nitrogen and oxygen atoms in total. The Labute approximate surface area is 349 Å². The highest BCUT2D eigenvalue weighted by molar-refractivity contribution is 7.56. The first-order chi connectivity index (χ1) is 27.8. The molecule has 0 aliphatic heterocycles. The van der Waals surface area contributed by atoms with Crippen LogP contribution in [-0.4, -0.2) is 22.3 Å². The maximum Gasteiger partial charge on any atom is 0.312 e. The molecule has 1 unspecified atom stereocenters. The van der Waals surface area contributed by atoms with Crippen LogP contribution in [-0.2, 0) is 19.0 Å². The summed E-state index contributed by atoms with van der Waals surface area (Å²) in [5, 5.41) is 0. The number of nitrogens with two attached hydrogens (primary N) is 3. The van der Waals surface area contributed by atoms with Gasteiger partial charge in [0.15, 0.2) is 11.6 Å². The van der Waals surface area contributed by atoms with Gasteiger partial charge in [0.2, 0.25) is 0 Å². The van der Waals surface area contributed by atoms with Crippen LogP contribution in [0.2, 0.25) is 0 Å². The lowest BCUT2D eigenvalue weighted by Crippen LogP contribution is -2.14. The minimum Gasteiger partial charge on any atom is -0.382 e. The standard InChI is InChI=1S/C38H61P.C7H10.C4H7FN6/c1-4-6-7-8-9-10-11-12-13-14-15-16-17-18-20-24-35(3)33-37-30-28-36(29-31-37)27-23-32-39(5-2)34-38-25-21-19-22-26-38;1-2-7-5-3-4-6-7;5-4-9-2(6)1(11-8)3(7)10-4/h19,21-22,25-26,28-31H,3-18,20,23-24,27,32-34H2,1-2H3;1,7H,3-6H2;11H,8H2,(H4,6,7,9,10). The minimum atomic E-state index is -0.973. The Balaban J connectivity index is 0.000000503. The molecule has 7 N–H and O–H groups in total. The van der Waals surface area contributed by atoms with E-state index >= 15 is 0 Å². The van der Waals surface area contributed by atoms with Gasteiger partial charge in [-0.15, -0.1) is 20.3 Å². The van der Waals surface area contributed by atoms with Gasteiger partial charge in [-0.25, -0.2) is 0 Å². The molecule has 1 atom stereocenters. The Morgan fingerprint density at radius 3 is 1.74 bits per heavy atom. The molecule has 1 aromatic heterocycles. The van der Waals surface area contributed by atoms with Crippen LogP contribution in [0, 0.1) is 24.3 Å². The van der Waals surface area contributed by atoms with E-state index in [1.165, 1.54) is 182 Å². The third-order valence-electron chi connectivity index (χ3n) is 10.9. The van der Waals surface area contributed by atoms with Crippen molar-refractivity contribution in [3.05, 3.63) is 89.5 Å². The molecule has 57 heavy (non-hydrogen) atoms. The molecule has 8 heteroatoms. The average molecular weight is 801 g/mol. The predicted octanol–water partition coefficient (Wildman–Crippen LogP) is 13.6. The smallest absolute Gasteiger partial charge is 0.312 e. The second kappa shape index (κ2) is 32.5. The van der Waals surface area contributed by atoms with Crippen molar-refractivity contribution in [1.29, 1.82) is 0 Å². The summed E-state index contributed by atoms with van der Waals surface area (Å²) in [4.78, 5) is 6.37. The van der Waals surface area contributed by atoms with Crippen molar-refractivity contribution in [3.63, 3.8) is 0 Å². The molecule has 0 spiro atoms. The van der Waals surface area contributed by atoms with Gasteiger partial charge in [-0.05, 0) is 80.1 Å². The number of aryl methyl sites for hydroxylation is 1. The second-order valence-corrected chi connectivity index (χ2v) is 18.6. The van der Waals surface area contributed by atoms with Gasteiger partial charge in [-0.2, -0.15) is 14.4 Å². The van der Waals surface area contributed by atoms with Crippen molar-refractivity contribution >= 4 is 25.2 Å². The first kappa shape index (κ1) is 49.7. The van der Waals surface area contributed by atoms with Gasteiger partial charge in [0.25, 0.3) is 0 Å². The van der Waals surface area contributed by atoms with E-state index in [-0.39, 0.29) is 25.2 Å². The quantitative estimate of drug-likeness (QED) is 0.0122. The van der Waals surface area contributed by atoms with Crippen molar-refractivity contribution in [3.8, 4) is 12.3 Å². The number of nitrogens with zero attached hydrogens (tertiary/aromatic N) is 2. The van der Waals surface area contributed by atoms with Gasteiger partial charge in [-0.3, -0.25) is 5.84 Å². The molecule has 0 radical (unpaired) electrons. The van der Waals surface area contributed by atoms with Gasteiger partial charge in [0.1, 0.15) is 5.69 Å². The third-order valence-corrected chi connectivity index (χ3v) is 13.6. The average Bonchev–Trinajstić information content (AvgIpc) is 3.75. The summed E-state index contributed by atoms with van der Waals surface area (Å²) in [5.74, 6) is 8.15. The number of aromatic nitrogens is 2. The molecule has 1 heterocycles. The Morgan fingerprint density at radius 1 is 0.754 bits per heavy atom. The number of hydrogen-bond donors (Lipinski definition) is 4. The van der Waals surface area contributed by atoms with Crippen LogP contribution < -0.4 is 22.7 Å². The Bertz CT molecular complexity index is 1460. The van der Waals surface area contributed by atoms with Crippen LogP contribution in [0.25, 0.3) is 0 Å². The molecule has 0 bridgehead atoms. The molecular weight excluding hydrogens is 723 g/mol. The first-order valence-electron chi connectivity index (χ1n) is 22.3. The van der Waals surface area contributed by atoms with Crippen LogP contribution >= 0.6 is 7.92 Å². The fourth-order valence-corrected chi connectivity index (χ4v) is 9.38. The van der Waals surface area contributed by atoms with Gasteiger partial charge in [-0.1, -0.05) is 183 Å². The number of halogens is 1. The molecule has 0 saturated heterocycles. The Morgan fingerprint density at radius 2 is 1.26 bits per heavy atom. The summed E-state index contributed by atoms with van der Waals surface area (Å²) in [7, 11) is 0.121. The normalized spacial score (nSPS) is 12.8. The van der Waals surface area contributed by atoms with Crippen LogP contribution in [0.1, 0.15) is 165 Å². The number of terminal acetylenes is 1. The maximum absolute atomic E-state index is 12.3. The number of unbranched alkanes of at least 4 members (excludes halogenated alkanes) is 14. The van der Waals surface area contributed by atoms with Crippen LogP contribution in [0.15, 0.2) is 66.7 Å². The molecule has 1 aliphatic carbocycles. The largest absolute Gasteiger partial charge is 0.382 e. The highest BCUT2D eigenvalue weighted by atomic mass is 31.1. The topological polar surface area (TPSA) is 116 Å². The fourth-order valence-electron chi connectivity index (χ4n) is 7.35. The van der Waals surface area contributed by atoms with E-state index in [4.69, 9.17) is 23.7 Å². The van der Waals surface area contributed by atoms with Gasteiger partial charge >= 0.3 is 6.08 Å². The van der Waals surface area contributed by atoms with Crippen LogP contribution in [0.5, 0.6) is 0 Å². The highest BCUT2D eigenvalue weighted by Crippen LogP contribution is 2.40. The van der Waals surface area contributed by atoms with Crippen molar-refractivity contribution in [2.75, 3.05) is 29.2 Å². The summed E-state index contributed by atoms with van der Waals surface area (Å²) >= 11 is 0. The van der Waals surface area contributed by atoms with Crippen LogP contribution in [0.4, 0.5) is 21.7 Å². The molecule has 0 amide bonds. The second-order valence-electron chi connectivity index (χ2n) is 15.8. The summed E-state index contributed by atoms with van der Waals surface area (Å²) in [6, 6.07) is 20.5. The lowest BCUT2D eigenvalue weighted by Gasteiger charge is -2.16. The molecule has 1 saturated carbocycles. The third kappa shape index (κ3) is 24.2. The monoisotopic (exact) mass is 801 g/mol. The lowest BCUT2D eigenvalue weighted by molar-refractivity contribution is 0.532. The van der Waals surface area contributed by atoms with Crippen LogP contribution in [0.3, 0.4) is 0 Å². The molecule has 1 fully saturated rings. The zero-order chi connectivity index (χ0) is 41.4. The number of nitrogen functional groups attached to an aromatic ring is 3. The highest BCUT2D eigenvalue weighted by Gasteiger charge is 2.11. The van der Waals surface area contributed by atoms with Gasteiger partial charge < -0.3 is 16.9 Å². The van der Waals surface area contributed by atoms with Crippen molar-refractivity contribution in [2.45, 2.75) is 168 Å². The number of hydrogen-bond acceptors (Lipinski definition) is 6. The van der Waals surface area contributed by atoms with Crippen molar-refractivity contribution in [1.82, 2.24) is 9.97 Å². The molecular formula is C49H78FN6P. The molecule has 1 aliphatic rings. The fraction of sp³-hybridized carbons (Fsp3) is 0.592. The summed E-state index contributed by atoms with van der Waals surface area (Å²) < 4.78 is 12.3. The summed E-state index contributed by atoms with van der Waals surface area (Å²) in [5.41, 5.74) is 18.6. The number of rotatable bonds is 26. The number of allylic oxidation sites excluding steroid dienone is 1. The van der Waals surface area contributed by atoms with E-state index in [1.807, 2.05) is 0 Å². The zero-order valence-electron chi connectivity index (χ0n) is 35.9. The Hall–Kier alpha value is -3.46. The molecule has 4 rings (SSSR count). The summed E-state index contributed by atoms with van der Waals surface area (Å²) in [6.45, 7) is 9.06. The maximum atomic E-state index is 12.3. The predicted molar refractivity (Wildman–Crippen MR) is 249 cm³/mol. The molecule has 3 aromatic rings. The van der Waals surface area contributed by atoms with Gasteiger partial charge in [0, 0.05) is 5.92 Å². The van der Waals surface area contributed by atoms with E-state index in [0.29, 0.717) is 5.92 Å². The van der Waals surface area contributed by atoms with E-state index in [1.54, 1.807) is 0 Å². The Kier molecular flexibility index (Phi) is 28.3. The van der Waals surface area contributed by atoms with E-state index < -0.39 is 6.08 Å². The zero-order valence-corrected chi connectivity index (χ0v) is 36.8.